The van der Waals surface area contributed by atoms with Crippen LogP contribution in [0.15, 0.2) is 29.2 Å². The van der Waals surface area contributed by atoms with Gasteiger partial charge in [0.15, 0.2) is 0 Å². The third kappa shape index (κ3) is 3.29. The van der Waals surface area contributed by atoms with Crippen LogP contribution < -0.4 is 4.72 Å². The molecular weight excluding hydrogens is 236 g/mol. The first-order chi connectivity index (χ1) is 7.88. The number of benzene rings is 1. The number of nitrogens with one attached hydrogen (secondary N) is 1. The molecule has 0 fully saturated rings. The molecule has 1 atom stereocenters. The lowest BCUT2D eigenvalue weighted by Gasteiger charge is -2.17. The van der Waals surface area contributed by atoms with Crippen molar-refractivity contribution in [3.05, 3.63) is 29.8 Å². The summed E-state index contributed by atoms with van der Waals surface area (Å²) in [6.07, 6.45) is 0. The van der Waals surface area contributed by atoms with Gasteiger partial charge in [-0.2, -0.15) is 5.26 Å². The molecule has 0 saturated heterocycles. The summed E-state index contributed by atoms with van der Waals surface area (Å²) in [5, 5.41) is 8.88. The van der Waals surface area contributed by atoms with E-state index in [1.807, 2.05) is 19.9 Å². The van der Waals surface area contributed by atoms with E-state index in [2.05, 4.69) is 4.72 Å². The second kappa shape index (κ2) is 5.30. The molecule has 0 saturated carbocycles. The van der Waals surface area contributed by atoms with Crippen LogP contribution >= 0.6 is 0 Å². The van der Waals surface area contributed by atoms with Crippen LogP contribution in [-0.2, 0) is 10.0 Å². The van der Waals surface area contributed by atoms with Gasteiger partial charge in [-0.3, -0.25) is 0 Å². The van der Waals surface area contributed by atoms with Crippen LogP contribution in [0.4, 0.5) is 0 Å². The number of hydrogen-bond acceptors (Lipinski definition) is 3. The topological polar surface area (TPSA) is 70.0 Å². The highest BCUT2D eigenvalue weighted by Gasteiger charge is 2.21. The van der Waals surface area contributed by atoms with E-state index in [0.29, 0.717) is 0 Å². The van der Waals surface area contributed by atoms with Crippen molar-refractivity contribution in [3.8, 4) is 6.07 Å². The molecule has 5 heteroatoms. The number of rotatable bonds is 4. The lowest BCUT2D eigenvalue weighted by molar-refractivity contribution is 0.476. The molecule has 1 unspecified atom stereocenters. The molecule has 0 bridgehead atoms. The van der Waals surface area contributed by atoms with E-state index in [1.165, 1.54) is 12.1 Å². The van der Waals surface area contributed by atoms with Crippen LogP contribution in [0.25, 0.3) is 0 Å². The molecule has 1 aromatic rings. The molecule has 0 aromatic heterocycles. The van der Waals surface area contributed by atoms with Crippen LogP contribution in [-0.4, -0.2) is 14.5 Å². The summed E-state index contributed by atoms with van der Waals surface area (Å²) in [6.45, 7) is 5.67. The van der Waals surface area contributed by atoms with Crippen LogP contribution in [0.1, 0.15) is 26.3 Å². The first-order valence-corrected chi connectivity index (χ1v) is 6.88. The smallest absolute Gasteiger partial charge is 0.208 e. The average molecular weight is 252 g/mol. The second-order valence-electron chi connectivity index (χ2n) is 4.26. The first-order valence-electron chi connectivity index (χ1n) is 5.40. The second-order valence-corrected chi connectivity index (χ2v) is 5.94. The summed E-state index contributed by atoms with van der Waals surface area (Å²) in [4.78, 5) is 0.0370. The fourth-order valence-electron chi connectivity index (χ4n) is 1.24. The Labute approximate surface area is 102 Å². The van der Waals surface area contributed by atoms with Crippen LogP contribution in [0.5, 0.6) is 0 Å². The first kappa shape index (κ1) is 13.7. The highest BCUT2D eigenvalue weighted by atomic mass is 32.2. The lowest BCUT2D eigenvalue weighted by atomic mass is 10.1. The van der Waals surface area contributed by atoms with Crippen LogP contribution in [0.2, 0.25) is 0 Å². The van der Waals surface area contributed by atoms with E-state index in [4.69, 9.17) is 5.26 Å². The minimum atomic E-state index is -3.62. The minimum absolute atomic E-state index is 0.0370. The maximum absolute atomic E-state index is 12.1. The Hall–Kier alpha value is -1.38. The number of nitriles is 1. The summed E-state index contributed by atoms with van der Waals surface area (Å²) < 4.78 is 26.7. The molecule has 4 nitrogen and oxygen atoms in total. The van der Waals surface area contributed by atoms with Gasteiger partial charge in [-0.25, -0.2) is 13.1 Å². The molecule has 1 aromatic carbocycles. The van der Waals surface area contributed by atoms with Crippen LogP contribution in [0, 0.1) is 17.2 Å². The fraction of sp³-hybridized carbons (Fsp3) is 0.417. The van der Waals surface area contributed by atoms with E-state index in [0.717, 1.165) is 0 Å². The summed E-state index contributed by atoms with van der Waals surface area (Å²) in [5.74, 6) is 0.194. The standard InChI is InChI=1S/C12H16N2O2S/c1-9(2)10(3)14-17(15,16)12-7-5-4-6-11(12)8-13/h4-7,9-10,14H,1-3H3. The molecule has 0 heterocycles. The lowest BCUT2D eigenvalue weighted by Crippen LogP contribution is -2.36. The minimum Gasteiger partial charge on any atom is -0.208 e. The molecule has 1 rings (SSSR count). The molecule has 0 aliphatic carbocycles. The van der Waals surface area contributed by atoms with Crippen molar-refractivity contribution in [2.75, 3.05) is 0 Å². The summed E-state index contributed by atoms with van der Waals surface area (Å²) in [6, 6.07) is 7.89. The van der Waals surface area contributed by atoms with Crippen molar-refractivity contribution >= 4 is 10.0 Å². The quantitative estimate of drug-likeness (QED) is 0.889. The maximum Gasteiger partial charge on any atom is 0.242 e. The fourth-order valence-corrected chi connectivity index (χ4v) is 2.79. The van der Waals surface area contributed by atoms with Gasteiger partial charge in [-0.15, -0.1) is 0 Å². The molecule has 17 heavy (non-hydrogen) atoms. The van der Waals surface area contributed by atoms with Gasteiger partial charge in [0.05, 0.1) is 10.5 Å². The van der Waals surface area contributed by atoms with Gasteiger partial charge in [0, 0.05) is 6.04 Å². The van der Waals surface area contributed by atoms with Gasteiger partial charge < -0.3 is 0 Å². The Morgan fingerprint density at radius 1 is 1.24 bits per heavy atom. The monoisotopic (exact) mass is 252 g/mol. The predicted molar refractivity (Wildman–Crippen MR) is 65.8 cm³/mol. The molecular formula is C12H16N2O2S. The zero-order valence-corrected chi connectivity index (χ0v) is 11.0. The SMILES string of the molecule is CC(C)C(C)NS(=O)(=O)c1ccccc1C#N. The van der Waals surface area contributed by atoms with E-state index in [1.54, 1.807) is 19.1 Å². The number of hydrogen-bond donors (Lipinski definition) is 1. The maximum atomic E-state index is 12.1. The summed E-state index contributed by atoms with van der Waals surface area (Å²) in [5.41, 5.74) is 0.163. The largest absolute Gasteiger partial charge is 0.242 e. The zero-order chi connectivity index (χ0) is 13.1. The summed E-state index contributed by atoms with van der Waals surface area (Å²) in [7, 11) is -3.62. The van der Waals surface area contributed by atoms with E-state index in [9.17, 15) is 8.42 Å². The molecule has 0 aliphatic heterocycles. The Morgan fingerprint density at radius 2 is 1.82 bits per heavy atom. The average Bonchev–Trinajstić information content (AvgIpc) is 2.28. The molecule has 1 N–H and O–H groups in total. The molecule has 0 spiro atoms. The van der Waals surface area contributed by atoms with Crippen molar-refractivity contribution in [3.63, 3.8) is 0 Å². The summed E-state index contributed by atoms with van der Waals surface area (Å²) >= 11 is 0. The van der Waals surface area contributed by atoms with Crippen molar-refractivity contribution in [1.82, 2.24) is 4.72 Å². The Balaban J connectivity index is 3.11. The number of sulfonamides is 1. The Bertz CT molecular complexity index is 530. The highest BCUT2D eigenvalue weighted by molar-refractivity contribution is 7.89. The van der Waals surface area contributed by atoms with Gasteiger partial charge in [0.25, 0.3) is 0 Å². The van der Waals surface area contributed by atoms with Crippen molar-refractivity contribution in [2.24, 2.45) is 5.92 Å². The zero-order valence-electron chi connectivity index (χ0n) is 10.1. The van der Waals surface area contributed by atoms with E-state index in [-0.39, 0.29) is 22.4 Å². The van der Waals surface area contributed by atoms with Gasteiger partial charge in [0.2, 0.25) is 10.0 Å². The third-order valence-corrected chi connectivity index (χ3v) is 4.26. The Kier molecular flexibility index (Phi) is 4.27. The number of nitrogens with zero attached hydrogens (tertiary/aromatic N) is 1. The van der Waals surface area contributed by atoms with E-state index >= 15 is 0 Å². The van der Waals surface area contributed by atoms with Crippen molar-refractivity contribution in [1.29, 1.82) is 5.26 Å². The van der Waals surface area contributed by atoms with Crippen LogP contribution in [0.3, 0.4) is 0 Å². The predicted octanol–water partition coefficient (Wildman–Crippen LogP) is 1.88. The van der Waals surface area contributed by atoms with Gasteiger partial charge >= 0.3 is 0 Å². The molecule has 0 aliphatic rings. The normalized spacial score (nSPS) is 13.4. The molecule has 0 radical (unpaired) electrons. The highest BCUT2D eigenvalue weighted by Crippen LogP contribution is 2.15. The van der Waals surface area contributed by atoms with Crippen molar-refractivity contribution < 1.29 is 8.42 Å². The Morgan fingerprint density at radius 3 is 2.35 bits per heavy atom. The van der Waals surface area contributed by atoms with Gasteiger partial charge in [-0.05, 0) is 25.0 Å². The molecule has 92 valence electrons. The van der Waals surface area contributed by atoms with E-state index < -0.39 is 10.0 Å². The third-order valence-electron chi connectivity index (χ3n) is 2.64. The van der Waals surface area contributed by atoms with Gasteiger partial charge in [-0.1, -0.05) is 26.0 Å². The van der Waals surface area contributed by atoms with Gasteiger partial charge in [0.1, 0.15) is 6.07 Å². The van der Waals surface area contributed by atoms with Crippen molar-refractivity contribution in [2.45, 2.75) is 31.7 Å². The molecule has 0 amide bonds.